The first-order valence-electron chi connectivity index (χ1n) is 10.3. The van der Waals surface area contributed by atoms with E-state index < -0.39 is 0 Å². The average molecular weight is 410 g/mol. The second-order valence-corrected chi connectivity index (χ2v) is 7.82. The van der Waals surface area contributed by atoms with Gasteiger partial charge in [0.15, 0.2) is 5.43 Å². The minimum atomic E-state index is -0.225. The van der Waals surface area contributed by atoms with Crippen molar-refractivity contribution in [2.24, 2.45) is 0 Å². The van der Waals surface area contributed by atoms with Gasteiger partial charge in [-0.25, -0.2) is 0 Å². The number of pyridine rings is 1. The van der Waals surface area contributed by atoms with Gasteiger partial charge >= 0.3 is 0 Å². The fourth-order valence-corrected chi connectivity index (χ4v) is 4.11. The first-order valence-corrected chi connectivity index (χ1v) is 10.3. The first-order chi connectivity index (χ1) is 15.0. The summed E-state index contributed by atoms with van der Waals surface area (Å²) in [5, 5.41) is 2.24. The van der Waals surface area contributed by atoms with Crippen molar-refractivity contribution < 1.29 is 9.21 Å². The largest absolute Gasteiger partial charge is 0.459 e. The number of furan rings is 1. The molecule has 5 nitrogen and oxygen atoms in total. The van der Waals surface area contributed by atoms with Crippen LogP contribution in [0.1, 0.15) is 18.7 Å². The van der Waals surface area contributed by atoms with Crippen LogP contribution in [-0.4, -0.2) is 22.4 Å². The number of likely N-dealkylation sites (N-methyl/N-ethyl adjacent to an activating group) is 1. The number of carbonyl (C=O) groups excluding carboxylic acids is 1. The molecule has 5 rings (SSSR count). The fourth-order valence-electron chi connectivity index (χ4n) is 4.11. The highest BCUT2D eigenvalue weighted by Gasteiger charge is 2.22. The minimum Gasteiger partial charge on any atom is -0.459 e. The number of fused-ring (bicyclic) bond motifs is 3. The summed E-state index contributed by atoms with van der Waals surface area (Å²) in [6.45, 7) is 2.08. The standard InChI is InChI=1S/C26H22N2O3/c1-17(24-15-18-9-3-8-14-23(18)31-24)27(2)25(29)16-28-21-12-6-4-10-19(21)26(30)20-11-5-7-13-22(20)28/h3-15,17H,16H2,1-2H3/t17-/m1/s1. The van der Waals surface area contributed by atoms with Crippen LogP contribution in [0.4, 0.5) is 0 Å². The van der Waals surface area contributed by atoms with Crippen molar-refractivity contribution in [2.75, 3.05) is 7.05 Å². The van der Waals surface area contributed by atoms with Crippen LogP contribution in [0.25, 0.3) is 32.8 Å². The van der Waals surface area contributed by atoms with E-state index in [0.29, 0.717) is 10.8 Å². The van der Waals surface area contributed by atoms with E-state index >= 15 is 0 Å². The zero-order chi connectivity index (χ0) is 21.5. The van der Waals surface area contributed by atoms with Crippen molar-refractivity contribution >= 4 is 38.7 Å². The van der Waals surface area contributed by atoms with E-state index in [-0.39, 0.29) is 23.9 Å². The summed E-state index contributed by atoms with van der Waals surface area (Å²) < 4.78 is 7.89. The van der Waals surface area contributed by atoms with Gasteiger partial charge in [0.2, 0.25) is 5.91 Å². The Bertz CT molecular complexity index is 1400. The summed E-state index contributed by atoms with van der Waals surface area (Å²) in [6.07, 6.45) is 0. The molecule has 0 saturated carbocycles. The summed E-state index contributed by atoms with van der Waals surface area (Å²) in [4.78, 5) is 27.9. The lowest BCUT2D eigenvalue weighted by atomic mass is 10.1. The molecule has 5 aromatic rings. The lowest BCUT2D eigenvalue weighted by Gasteiger charge is -2.25. The highest BCUT2D eigenvalue weighted by molar-refractivity contribution is 5.95. The molecule has 0 aliphatic heterocycles. The third-order valence-corrected chi connectivity index (χ3v) is 6.00. The Morgan fingerprint density at radius 3 is 2.16 bits per heavy atom. The molecular formula is C26H22N2O3. The van der Waals surface area contributed by atoms with Crippen molar-refractivity contribution in [2.45, 2.75) is 19.5 Å². The number of para-hydroxylation sites is 3. The van der Waals surface area contributed by atoms with E-state index in [2.05, 4.69) is 0 Å². The van der Waals surface area contributed by atoms with Gasteiger partial charge in [-0.2, -0.15) is 0 Å². The molecule has 1 amide bonds. The quantitative estimate of drug-likeness (QED) is 0.387. The van der Waals surface area contributed by atoms with Gasteiger partial charge in [-0.05, 0) is 43.3 Å². The maximum atomic E-state index is 13.3. The van der Waals surface area contributed by atoms with Crippen molar-refractivity contribution in [3.05, 3.63) is 94.8 Å². The van der Waals surface area contributed by atoms with Crippen molar-refractivity contribution in [1.29, 1.82) is 0 Å². The molecular weight excluding hydrogens is 388 g/mol. The zero-order valence-electron chi connectivity index (χ0n) is 17.4. The highest BCUT2D eigenvalue weighted by atomic mass is 16.3. The minimum absolute atomic E-state index is 0.0149. The van der Waals surface area contributed by atoms with Crippen LogP contribution in [0.3, 0.4) is 0 Å². The number of carbonyl (C=O) groups is 1. The van der Waals surface area contributed by atoms with E-state index in [1.165, 1.54) is 0 Å². The molecule has 0 aliphatic carbocycles. The van der Waals surface area contributed by atoms with Crippen molar-refractivity contribution in [3.63, 3.8) is 0 Å². The molecule has 0 aliphatic rings. The molecule has 0 fully saturated rings. The lowest BCUT2D eigenvalue weighted by molar-refractivity contribution is -0.132. The summed E-state index contributed by atoms with van der Waals surface area (Å²) in [5.41, 5.74) is 2.30. The van der Waals surface area contributed by atoms with Crippen LogP contribution < -0.4 is 5.43 Å². The molecule has 31 heavy (non-hydrogen) atoms. The van der Waals surface area contributed by atoms with Gasteiger partial charge in [-0.1, -0.05) is 42.5 Å². The van der Waals surface area contributed by atoms with E-state index in [0.717, 1.165) is 27.8 Å². The highest BCUT2D eigenvalue weighted by Crippen LogP contribution is 2.27. The molecule has 0 radical (unpaired) electrons. The van der Waals surface area contributed by atoms with Gasteiger partial charge in [-0.3, -0.25) is 9.59 Å². The lowest BCUT2D eigenvalue weighted by Crippen LogP contribution is -2.33. The van der Waals surface area contributed by atoms with Crippen LogP contribution in [-0.2, 0) is 11.3 Å². The Morgan fingerprint density at radius 2 is 1.52 bits per heavy atom. The third kappa shape index (κ3) is 3.19. The second kappa shape index (κ2) is 7.43. The predicted molar refractivity (Wildman–Crippen MR) is 123 cm³/mol. The molecule has 0 unspecified atom stereocenters. The van der Waals surface area contributed by atoms with Crippen LogP contribution in [0.5, 0.6) is 0 Å². The zero-order valence-corrected chi connectivity index (χ0v) is 17.4. The molecule has 0 saturated heterocycles. The predicted octanol–water partition coefficient (Wildman–Crippen LogP) is 5.12. The van der Waals surface area contributed by atoms with Crippen LogP contribution in [0.15, 0.2) is 88.1 Å². The Kier molecular flexibility index (Phi) is 4.59. The van der Waals surface area contributed by atoms with Gasteiger partial charge in [0.1, 0.15) is 17.9 Å². The molecule has 2 aromatic heterocycles. The molecule has 2 heterocycles. The molecule has 3 aromatic carbocycles. The molecule has 154 valence electrons. The van der Waals surface area contributed by atoms with Gasteiger partial charge in [0.25, 0.3) is 0 Å². The summed E-state index contributed by atoms with van der Waals surface area (Å²) >= 11 is 0. The van der Waals surface area contributed by atoms with E-state index in [1.807, 2.05) is 90.4 Å². The number of hydrogen-bond acceptors (Lipinski definition) is 3. The van der Waals surface area contributed by atoms with Gasteiger partial charge < -0.3 is 13.9 Å². The summed E-state index contributed by atoms with van der Waals surface area (Å²) in [7, 11) is 1.78. The van der Waals surface area contributed by atoms with Crippen LogP contribution in [0, 0.1) is 0 Å². The fraction of sp³-hybridized carbons (Fsp3) is 0.154. The maximum Gasteiger partial charge on any atom is 0.242 e. The Morgan fingerprint density at radius 1 is 0.935 bits per heavy atom. The molecule has 1 atom stereocenters. The monoisotopic (exact) mass is 410 g/mol. The second-order valence-electron chi connectivity index (χ2n) is 7.82. The van der Waals surface area contributed by atoms with Crippen LogP contribution in [0.2, 0.25) is 0 Å². The Hall–Kier alpha value is -3.86. The number of benzene rings is 3. The average Bonchev–Trinajstić information content (AvgIpc) is 3.25. The van der Waals surface area contributed by atoms with E-state index in [4.69, 9.17) is 4.42 Å². The van der Waals surface area contributed by atoms with Gasteiger partial charge in [0, 0.05) is 23.2 Å². The number of rotatable bonds is 4. The topological polar surface area (TPSA) is 55.5 Å². The molecule has 5 heteroatoms. The molecule has 0 bridgehead atoms. The Balaban J connectivity index is 1.53. The van der Waals surface area contributed by atoms with E-state index in [1.54, 1.807) is 11.9 Å². The normalized spacial score (nSPS) is 12.5. The molecule has 0 spiro atoms. The SMILES string of the molecule is C[C@H](c1cc2ccccc2o1)N(C)C(=O)Cn1c2ccccc2c(=O)c2ccccc21. The van der Waals surface area contributed by atoms with Crippen molar-refractivity contribution in [3.8, 4) is 0 Å². The van der Waals surface area contributed by atoms with Gasteiger partial charge in [0.05, 0.1) is 17.1 Å². The molecule has 0 N–H and O–H groups in total. The summed E-state index contributed by atoms with van der Waals surface area (Å²) in [6, 6.07) is 24.4. The van der Waals surface area contributed by atoms with Crippen LogP contribution >= 0.6 is 0 Å². The number of amides is 1. The van der Waals surface area contributed by atoms with Crippen molar-refractivity contribution in [1.82, 2.24) is 9.47 Å². The Labute approximate surface area is 179 Å². The maximum absolute atomic E-state index is 13.3. The van der Waals surface area contributed by atoms with Gasteiger partial charge in [-0.15, -0.1) is 0 Å². The number of nitrogens with zero attached hydrogens (tertiary/aromatic N) is 2. The third-order valence-electron chi connectivity index (χ3n) is 6.00. The first kappa shape index (κ1) is 19.1. The number of hydrogen-bond donors (Lipinski definition) is 0. The summed E-state index contributed by atoms with van der Waals surface area (Å²) in [5.74, 6) is 0.679. The van der Waals surface area contributed by atoms with E-state index in [9.17, 15) is 9.59 Å². The number of aromatic nitrogens is 1. The smallest absolute Gasteiger partial charge is 0.242 e.